The van der Waals surface area contributed by atoms with Crippen LogP contribution in [0.1, 0.15) is 10.4 Å². The van der Waals surface area contributed by atoms with Crippen LogP contribution in [0.3, 0.4) is 0 Å². The van der Waals surface area contributed by atoms with E-state index >= 15 is 0 Å². The van der Waals surface area contributed by atoms with Gasteiger partial charge in [0.15, 0.2) is 0 Å². The van der Waals surface area contributed by atoms with E-state index in [9.17, 15) is 9.90 Å². The number of carboxylic acids is 1. The summed E-state index contributed by atoms with van der Waals surface area (Å²) in [4.78, 5) is 11.6. The van der Waals surface area contributed by atoms with Crippen molar-refractivity contribution in [3.63, 3.8) is 0 Å². The molecule has 0 saturated carbocycles. The molecular formula is C19H12O3. The van der Waals surface area contributed by atoms with Crippen molar-refractivity contribution in [2.75, 3.05) is 0 Å². The SMILES string of the molecule is O=C(O)c1cc2c(-c3ccccc3)coc2c2ccccc12. The van der Waals surface area contributed by atoms with E-state index in [1.165, 1.54) is 0 Å². The molecule has 0 unspecified atom stereocenters. The predicted molar refractivity (Wildman–Crippen MR) is 86.1 cm³/mol. The number of furan rings is 1. The monoisotopic (exact) mass is 288 g/mol. The molecule has 0 bridgehead atoms. The van der Waals surface area contributed by atoms with Crippen LogP contribution < -0.4 is 0 Å². The number of hydrogen-bond acceptors (Lipinski definition) is 2. The first-order chi connectivity index (χ1) is 10.8. The van der Waals surface area contributed by atoms with Gasteiger partial charge in [0.25, 0.3) is 0 Å². The van der Waals surface area contributed by atoms with Crippen LogP contribution >= 0.6 is 0 Å². The van der Waals surface area contributed by atoms with Gasteiger partial charge in [-0.2, -0.15) is 0 Å². The minimum Gasteiger partial charge on any atom is -0.478 e. The highest BCUT2D eigenvalue weighted by atomic mass is 16.4. The van der Waals surface area contributed by atoms with Crippen molar-refractivity contribution in [2.24, 2.45) is 0 Å². The van der Waals surface area contributed by atoms with Gasteiger partial charge in [-0.05, 0) is 17.0 Å². The maximum Gasteiger partial charge on any atom is 0.336 e. The third kappa shape index (κ3) is 1.79. The van der Waals surface area contributed by atoms with Crippen LogP contribution in [0.5, 0.6) is 0 Å². The Labute approximate surface area is 126 Å². The van der Waals surface area contributed by atoms with Crippen LogP contribution in [0.2, 0.25) is 0 Å². The van der Waals surface area contributed by atoms with Crippen LogP contribution in [0.25, 0.3) is 32.9 Å². The maximum atomic E-state index is 11.6. The Kier molecular flexibility index (Phi) is 2.73. The lowest BCUT2D eigenvalue weighted by Crippen LogP contribution is -1.97. The van der Waals surface area contributed by atoms with Gasteiger partial charge in [0.05, 0.1) is 11.8 Å². The second kappa shape index (κ2) is 4.74. The standard InChI is InChI=1S/C19H12O3/c20-19(21)16-10-15-17(12-6-2-1-3-7-12)11-22-18(15)14-9-5-4-8-13(14)16/h1-11H,(H,20,21). The molecule has 1 N–H and O–H groups in total. The first-order valence-electron chi connectivity index (χ1n) is 6.97. The van der Waals surface area contributed by atoms with Gasteiger partial charge in [0.1, 0.15) is 5.58 Å². The molecular weight excluding hydrogens is 276 g/mol. The van der Waals surface area contributed by atoms with Gasteiger partial charge in [-0.1, -0.05) is 54.6 Å². The third-order valence-electron chi connectivity index (χ3n) is 3.90. The number of carboxylic acid groups (broad SMARTS) is 1. The van der Waals surface area contributed by atoms with Crippen LogP contribution in [0.15, 0.2) is 71.3 Å². The normalized spacial score (nSPS) is 11.1. The number of benzene rings is 3. The Morgan fingerprint density at radius 1 is 0.864 bits per heavy atom. The molecule has 1 aromatic heterocycles. The van der Waals surface area contributed by atoms with Gasteiger partial charge >= 0.3 is 5.97 Å². The largest absolute Gasteiger partial charge is 0.478 e. The van der Waals surface area contributed by atoms with E-state index in [0.717, 1.165) is 27.5 Å². The van der Waals surface area contributed by atoms with Gasteiger partial charge in [-0.25, -0.2) is 4.79 Å². The Morgan fingerprint density at radius 3 is 2.27 bits per heavy atom. The smallest absolute Gasteiger partial charge is 0.336 e. The van der Waals surface area contributed by atoms with Crippen LogP contribution in [-0.2, 0) is 0 Å². The molecule has 0 amide bonds. The highest BCUT2D eigenvalue weighted by molar-refractivity contribution is 6.16. The number of aromatic carboxylic acids is 1. The van der Waals surface area contributed by atoms with Gasteiger partial charge < -0.3 is 9.52 Å². The molecule has 0 radical (unpaired) electrons. The van der Waals surface area contributed by atoms with E-state index in [1.807, 2.05) is 54.6 Å². The zero-order valence-electron chi connectivity index (χ0n) is 11.6. The van der Waals surface area contributed by atoms with Crippen LogP contribution in [0.4, 0.5) is 0 Å². The van der Waals surface area contributed by atoms with Crippen LogP contribution in [-0.4, -0.2) is 11.1 Å². The molecule has 3 heteroatoms. The summed E-state index contributed by atoms with van der Waals surface area (Å²) in [6.07, 6.45) is 1.69. The molecule has 106 valence electrons. The minimum atomic E-state index is -0.932. The van der Waals surface area contributed by atoms with Crippen molar-refractivity contribution in [2.45, 2.75) is 0 Å². The predicted octanol–water partition coefficient (Wildman–Crippen LogP) is 4.95. The molecule has 4 aromatic rings. The molecule has 0 aliphatic carbocycles. The molecule has 3 nitrogen and oxygen atoms in total. The average molecular weight is 288 g/mol. The van der Waals surface area contributed by atoms with E-state index in [-0.39, 0.29) is 0 Å². The lowest BCUT2D eigenvalue weighted by molar-refractivity contribution is 0.0699. The number of rotatable bonds is 2. The highest BCUT2D eigenvalue weighted by Crippen LogP contribution is 2.36. The summed E-state index contributed by atoms with van der Waals surface area (Å²) >= 11 is 0. The van der Waals surface area contributed by atoms with E-state index in [2.05, 4.69) is 0 Å². The Hall–Kier alpha value is -3.07. The summed E-state index contributed by atoms with van der Waals surface area (Å²) in [5.74, 6) is -0.932. The zero-order chi connectivity index (χ0) is 15.1. The van der Waals surface area contributed by atoms with Gasteiger partial charge in [0.2, 0.25) is 0 Å². The Bertz CT molecular complexity index is 997. The van der Waals surface area contributed by atoms with Crippen molar-refractivity contribution >= 4 is 27.7 Å². The molecule has 0 fully saturated rings. The van der Waals surface area contributed by atoms with Gasteiger partial charge in [0, 0.05) is 16.3 Å². The van der Waals surface area contributed by atoms with Crippen LogP contribution in [0, 0.1) is 0 Å². The van der Waals surface area contributed by atoms with Crippen molar-refractivity contribution in [3.8, 4) is 11.1 Å². The molecule has 0 aliphatic rings. The van der Waals surface area contributed by atoms with E-state index < -0.39 is 5.97 Å². The quantitative estimate of drug-likeness (QED) is 0.567. The third-order valence-corrected chi connectivity index (χ3v) is 3.90. The summed E-state index contributed by atoms with van der Waals surface area (Å²) < 4.78 is 5.76. The second-order valence-corrected chi connectivity index (χ2v) is 5.17. The topological polar surface area (TPSA) is 50.4 Å². The summed E-state index contributed by atoms with van der Waals surface area (Å²) in [5, 5.41) is 11.8. The molecule has 4 rings (SSSR count). The average Bonchev–Trinajstić information content (AvgIpc) is 2.99. The molecule has 1 heterocycles. The minimum absolute atomic E-state index is 0.293. The van der Waals surface area contributed by atoms with Crippen molar-refractivity contribution in [3.05, 3.63) is 72.5 Å². The first-order valence-corrected chi connectivity index (χ1v) is 6.97. The van der Waals surface area contributed by atoms with E-state index in [4.69, 9.17) is 4.42 Å². The van der Waals surface area contributed by atoms with E-state index in [1.54, 1.807) is 12.3 Å². The molecule has 0 spiro atoms. The molecule has 0 saturated heterocycles. The van der Waals surface area contributed by atoms with Crippen molar-refractivity contribution in [1.82, 2.24) is 0 Å². The van der Waals surface area contributed by atoms with Gasteiger partial charge in [-0.3, -0.25) is 0 Å². The van der Waals surface area contributed by atoms with Gasteiger partial charge in [-0.15, -0.1) is 0 Å². The van der Waals surface area contributed by atoms with Crippen molar-refractivity contribution < 1.29 is 14.3 Å². The number of hydrogen-bond donors (Lipinski definition) is 1. The molecule has 0 atom stereocenters. The molecule has 3 aromatic carbocycles. The highest BCUT2D eigenvalue weighted by Gasteiger charge is 2.17. The molecule has 0 aliphatic heterocycles. The fourth-order valence-corrected chi connectivity index (χ4v) is 2.88. The zero-order valence-corrected chi connectivity index (χ0v) is 11.6. The molecule has 22 heavy (non-hydrogen) atoms. The van der Waals surface area contributed by atoms with Crippen molar-refractivity contribution in [1.29, 1.82) is 0 Å². The fourth-order valence-electron chi connectivity index (χ4n) is 2.88. The lowest BCUT2D eigenvalue weighted by Gasteiger charge is -2.05. The summed E-state index contributed by atoms with van der Waals surface area (Å²) in [6, 6.07) is 18.9. The summed E-state index contributed by atoms with van der Waals surface area (Å²) in [7, 11) is 0. The van der Waals surface area contributed by atoms with E-state index in [0.29, 0.717) is 10.9 Å². The number of carbonyl (C=O) groups is 1. The summed E-state index contributed by atoms with van der Waals surface area (Å²) in [5.41, 5.74) is 2.93. The number of fused-ring (bicyclic) bond motifs is 3. The first kappa shape index (κ1) is 12.7. The summed E-state index contributed by atoms with van der Waals surface area (Å²) in [6.45, 7) is 0. The Morgan fingerprint density at radius 2 is 1.55 bits per heavy atom. The lowest BCUT2D eigenvalue weighted by atomic mass is 9.98. The Balaban J connectivity index is 2.14. The maximum absolute atomic E-state index is 11.6. The second-order valence-electron chi connectivity index (χ2n) is 5.17. The fraction of sp³-hybridized carbons (Fsp3) is 0.